The summed E-state index contributed by atoms with van der Waals surface area (Å²) < 4.78 is 5.22. The molecule has 126 valence electrons. The van der Waals surface area contributed by atoms with E-state index in [-0.39, 0.29) is 0 Å². The van der Waals surface area contributed by atoms with Gasteiger partial charge in [-0.2, -0.15) is 0 Å². The molecule has 1 atom stereocenters. The number of rotatable bonds is 4. The Kier molecular flexibility index (Phi) is 5.00. The quantitative estimate of drug-likeness (QED) is 0.516. The molecule has 0 aliphatic carbocycles. The topological polar surface area (TPSA) is 56.9 Å². The molecule has 6 heteroatoms. The number of likely N-dealkylation sites (tertiary alicyclic amines) is 1. The number of aromatic nitrogens is 1. The van der Waals surface area contributed by atoms with Crippen LogP contribution in [0.3, 0.4) is 0 Å². The van der Waals surface area contributed by atoms with Crippen LogP contribution in [0.15, 0.2) is 21.7 Å². The van der Waals surface area contributed by atoms with E-state index in [1.54, 1.807) is 0 Å². The third kappa shape index (κ3) is 3.58. The molecule has 1 fully saturated rings. The van der Waals surface area contributed by atoms with Gasteiger partial charge in [-0.3, -0.25) is 9.89 Å². The van der Waals surface area contributed by atoms with Crippen molar-refractivity contribution in [3.8, 4) is 0 Å². The molecule has 0 bridgehead atoms. The van der Waals surface area contributed by atoms with Crippen LogP contribution in [0, 0.1) is 13.8 Å². The van der Waals surface area contributed by atoms with Crippen molar-refractivity contribution >= 4 is 5.96 Å². The van der Waals surface area contributed by atoms with Gasteiger partial charge in [0.25, 0.3) is 0 Å². The summed E-state index contributed by atoms with van der Waals surface area (Å²) in [5.74, 6) is 1.92. The van der Waals surface area contributed by atoms with Gasteiger partial charge in [0.2, 0.25) is 0 Å². The molecule has 3 heterocycles. The predicted molar refractivity (Wildman–Crippen MR) is 91.7 cm³/mol. The van der Waals surface area contributed by atoms with Crippen molar-refractivity contribution < 1.29 is 4.52 Å². The first kappa shape index (κ1) is 16.1. The fourth-order valence-corrected chi connectivity index (χ4v) is 3.52. The Bertz CT molecular complexity index is 564. The van der Waals surface area contributed by atoms with Gasteiger partial charge in [-0.05, 0) is 26.7 Å². The van der Waals surface area contributed by atoms with E-state index in [1.165, 1.54) is 12.0 Å². The van der Waals surface area contributed by atoms with Crippen LogP contribution in [-0.2, 0) is 6.42 Å². The fourth-order valence-electron chi connectivity index (χ4n) is 3.52. The molecule has 2 aliphatic rings. The molecule has 0 spiro atoms. The second-order valence-electron chi connectivity index (χ2n) is 6.34. The SMILES string of the molecule is CN=C(NCCc1c(C)noc1C)N1CCC(N2CC=CC2)C1. The van der Waals surface area contributed by atoms with E-state index in [0.717, 1.165) is 56.6 Å². The van der Waals surface area contributed by atoms with Gasteiger partial charge in [0.1, 0.15) is 5.76 Å². The smallest absolute Gasteiger partial charge is 0.193 e. The Morgan fingerprint density at radius 3 is 2.83 bits per heavy atom. The van der Waals surface area contributed by atoms with E-state index < -0.39 is 0 Å². The van der Waals surface area contributed by atoms with E-state index in [1.807, 2.05) is 20.9 Å². The standard InChI is InChI=1S/C17H27N5O/c1-13-16(14(2)23-20-13)6-8-19-17(18-3)22-11-7-15(12-22)21-9-4-5-10-21/h4-5,15H,6-12H2,1-3H3,(H,18,19). The zero-order chi connectivity index (χ0) is 16.2. The molecule has 3 rings (SSSR count). The Morgan fingerprint density at radius 2 is 2.17 bits per heavy atom. The molecule has 1 aromatic heterocycles. The highest BCUT2D eigenvalue weighted by Crippen LogP contribution is 2.18. The average molecular weight is 317 g/mol. The van der Waals surface area contributed by atoms with Crippen LogP contribution in [0.4, 0.5) is 0 Å². The van der Waals surface area contributed by atoms with Gasteiger partial charge >= 0.3 is 0 Å². The lowest BCUT2D eigenvalue weighted by Gasteiger charge is -2.25. The van der Waals surface area contributed by atoms with Crippen molar-refractivity contribution in [2.45, 2.75) is 32.7 Å². The normalized spacial score (nSPS) is 22.3. The molecule has 0 amide bonds. The first-order valence-corrected chi connectivity index (χ1v) is 8.45. The fraction of sp³-hybridized carbons (Fsp3) is 0.647. The van der Waals surface area contributed by atoms with Crippen LogP contribution in [0.25, 0.3) is 0 Å². The lowest BCUT2D eigenvalue weighted by atomic mass is 10.1. The van der Waals surface area contributed by atoms with E-state index >= 15 is 0 Å². The molecule has 0 aromatic carbocycles. The van der Waals surface area contributed by atoms with Crippen molar-refractivity contribution in [1.82, 2.24) is 20.3 Å². The largest absolute Gasteiger partial charge is 0.361 e. The third-order valence-electron chi connectivity index (χ3n) is 4.88. The number of hydrogen-bond donors (Lipinski definition) is 1. The highest BCUT2D eigenvalue weighted by molar-refractivity contribution is 5.80. The molecule has 6 nitrogen and oxygen atoms in total. The summed E-state index contributed by atoms with van der Waals surface area (Å²) in [5.41, 5.74) is 2.19. The summed E-state index contributed by atoms with van der Waals surface area (Å²) in [5, 5.41) is 7.50. The Labute approximate surface area is 138 Å². The summed E-state index contributed by atoms with van der Waals surface area (Å²) >= 11 is 0. The molecule has 1 N–H and O–H groups in total. The van der Waals surface area contributed by atoms with Crippen LogP contribution < -0.4 is 5.32 Å². The Morgan fingerprint density at radius 1 is 1.39 bits per heavy atom. The first-order valence-electron chi connectivity index (χ1n) is 8.45. The van der Waals surface area contributed by atoms with Crippen molar-refractivity contribution in [3.05, 3.63) is 29.2 Å². The molecule has 1 aromatic rings. The Balaban J connectivity index is 1.49. The molecule has 2 aliphatic heterocycles. The molecule has 1 unspecified atom stereocenters. The maximum absolute atomic E-state index is 5.22. The van der Waals surface area contributed by atoms with Gasteiger partial charge in [0.05, 0.1) is 5.69 Å². The van der Waals surface area contributed by atoms with Gasteiger partial charge in [-0.1, -0.05) is 17.3 Å². The molecule has 23 heavy (non-hydrogen) atoms. The number of hydrogen-bond acceptors (Lipinski definition) is 4. The van der Waals surface area contributed by atoms with Gasteiger partial charge in [0.15, 0.2) is 5.96 Å². The summed E-state index contributed by atoms with van der Waals surface area (Å²) in [6, 6.07) is 0.645. The highest BCUT2D eigenvalue weighted by Gasteiger charge is 2.29. The lowest BCUT2D eigenvalue weighted by molar-refractivity contribution is 0.259. The summed E-state index contributed by atoms with van der Waals surface area (Å²) in [6.45, 7) is 9.14. The molecular weight excluding hydrogens is 290 g/mol. The van der Waals surface area contributed by atoms with Gasteiger partial charge in [-0.25, -0.2) is 0 Å². The second-order valence-corrected chi connectivity index (χ2v) is 6.34. The number of guanidine groups is 1. The van der Waals surface area contributed by atoms with Crippen LogP contribution in [0.1, 0.15) is 23.4 Å². The molecule has 1 saturated heterocycles. The monoisotopic (exact) mass is 317 g/mol. The average Bonchev–Trinajstić information content (AvgIpc) is 3.27. The zero-order valence-corrected chi connectivity index (χ0v) is 14.4. The summed E-state index contributed by atoms with van der Waals surface area (Å²) in [4.78, 5) is 9.36. The summed E-state index contributed by atoms with van der Waals surface area (Å²) in [7, 11) is 1.86. The van der Waals surface area contributed by atoms with Gasteiger partial charge in [0, 0.05) is 51.4 Å². The van der Waals surface area contributed by atoms with Crippen molar-refractivity contribution in [1.29, 1.82) is 0 Å². The van der Waals surface area contributed by atoms with Gasteiger partial charge in [-0.15, -0.1) is 0 Å². The van der Waals surface area contributed by atoms with Gasteiger partial charge < -0.3 is 14.7 Å². The zero-order valence-electron chi connectivity index (χ0n) is 14.4. The lowest BCUT2D eigenvalue weighted by Crippen LogP contribution is -2.43. The summed E-state index contributed by atoms with van der Waals surface area (Å²) in [6.07, 6.45) is 6.65. The number of aliphatic imine (C=N–C) groups is 1. The van der Waals surface area contributed by atoms with E-state index in [4.69, 9.17) is 4.52 Å². The van der Waals surface area contributed by atoms with Crippen LogP contribution >= 0.6 is 0 Å². The number of aryl methyl sites for hydroxylation is 2. The number of nitrogens with zero attached hydrogens (tertiary/aromatic N) is 4. The minimum absolute atomic E-state index is 0.645. The molecule has 0 radical (unpaired) electrons. The number of nitrogens with one attached hydrogen (secondary N) is 1. The van der Waals surface area contributed by atoms with E-state index in [9.17, 15) is 0 Å². The maximum atomic E-state index is 5.22. The highest BCUT2D eigenvalue weighted by atomic mass is 16.5. The van der Waals surface area contributed by atoms with Crippen LogP contribution in [0.2, 0.25) is 0 Å². The van der Waals surface area contributed by atoms with E-state index in [2.05, 4.69) is 37.4 Å². The van der Waals surface area contributed by atoms with Crippen molar-refractivity contribution in [3.63, 3.8) is 0 Å². The Hall–Kier alpha value is -1.82. The molecular formula is C17H27N5O. The maximum Gasteiger partial charge on any atom is 0.193 e. The molecule has 0 saturated carbocycles. The van der Waals surface area contributed by atoms with Crippen LogP contribution in [0.5, 0.6) is 0 Å². The minimum Gasteiger partial charge on any atom is -0.361 e. The van der Waals surface area contributed by atoms with Crippen molar-refractivity contribution in [2.75, 3.05) is 39.8 Å². The minimum atomic E-state index is 0.645. The van der Waals surface area contributed by atoms with Crippen molar-refractivity contribution in [2.24, 2.45) is 4.99 Å². The van der Waals surface area contributed by atoms with E-state index in [0.29, 0.717) is 6.04 Å². The second kappa shape index (κ2) is 7.17. The first-order chi connectivity index (χ1) is 11.2. The predicted octanol–water partition coefficient (Wildman–Crippen LogP) is 1.36. The third-order valence-corrected chi connectivity index (χ3v) is 4.88. The van der Waals surface area contributed by atoms with Crippen LogP contribution in [-0.4, -0.2) is 66.7 Å².